The summed E-state index contributed by atoms with van der Waals surface area (Å²) in [5, 5.41) is 17.4. The summed E-state index contributed by atoms with van der Waals surface area (Å²) in [4.78, 5) is 14.2. The standard InChI is InChI=1S/C16H19N5O2S/c1-23-11-10-20-13-18-19-16(20)24-12-15(22)21(9-5-8-17)14-6-3-2-4-7-14/h2-4,6-7,13H,5,9-12H2,1H3. The van der Waals surface area contributed by atoms with Crippen molar-refractivity contribution in [2.75, 3.05) is 30.9 Å². The van der Waals surface area contributed by atoms with Crippen LogP contribution in [0.1, 0.15) is 6.42 Å². The fourth-order valence-corrected chi connectivity index (χ4v) is 2.89. The zero-order chi connectivity index (χ0) is 17.2. The van der Waals surface area contributed by atoms with Gasteiger partial charge in [0.15, 0.2) is 5.16 Å². The van der Waals surface area contributed by atoms with Gasteiger partial charge in [-0.25, -0.2) is 0 Å². The molecule has 24 heavy (non-hydrogen) atoms. The van der Waals surface area contributed by atoms with Crippen molar-refractivity contribution in [1.82, 2.24) is 14.8 Å². The lowest BCUT2D eigenvalue weighted by Crippen LogP contribution is -2.33. The monoisotopic (exact) mass is 345 g/mol. The van der Waals surface area contributed by atoms with Gasteiger partial charge in [0, 0.05) is 25.9 Å². The first-order valence-corrected chi connectivity index (χ1v) is 8.46. The van der Waals surface area contributed by atoms with Crippen LogP contribution in [-0.2, 0) is 16.1 Å². The normalized spacial score (nSPS) is 10.3. The summed E-state index contributed by atoms with van der Waals surface area (Å²) in [7, 11) is 1.63. The van der Waals surface area contributed by atoms with E-state index >= 15 is 0 Å². The molecule has 0 aliphatic heterocycles. The van der Waals surface area contributed by atoms with E-state index in [-0.39, 0.29) is 18.1 Å². The molecule has 0 radical (unpaired) electrons. The van der Waals surface area contributed by atoms with E-state index in [2.05, 4.69) is 16.3 Å². The number of anilines is 1. The van der Waals surface area contributed by atoms with Crippen LogP contribution in [0.2, 0.25) is 0 Å². The minimum atomic E-state index is -0.0669. The minimum Gasteiger partial charge on any atom is -0.383 e. The number of hydrogen-bond donors (Lipinski definition) is 0. The average molecular weight is 345 g/mol. The van der Waals surface area contributed by atoms with Gasteiger partial charge in [0.25, 0.3) is 0 Å². The van der Waals surface area contributed by atoms with E-state index in [9.17, 15) is 4.79 Å². The van der Waals surface area contributed by atoms with Gasteiger partial charge in [-0.05, 0) is 12.1 Å². The van der Waals surface area contributed by atoms with E-state index in [0.29, 0.717) is 24.9 Å². The second-order valence-corrected chi connectivity index (χ2v) is 5.82. The predicted octanol–water partition coefficient (Wildman–Crippen LogP) is 1.96. The Balaban J connectivity index is 2.00. The Labute approximate surface area is 145 Å². The van der Waals surface area contributed by atoms with E-state index in [1.165, 1.54) is 11.8 Å². The number of thioether (sulfide) groups is 1. The number of nitrogens with zero attached hydrogens (tertiary/aromatic N) is 5. The lowest BCUT2D eigenvalue weighted by molar-refractivity contribution is -0.116. The Morgan fingerprint density at radius 2 is 2.21 bits per heavy atom. The van der Waals surface area contributed by atoms with Crippen LogP contribution in [0, 0.1) is 11.3 Å². The van der Waals surface area contributed by atoms with Crippen molar-refractivity contribution in [3.63, 3.8) is 0 Å². The summed E-state index contributed by atoms with van der Waals surface area (Å²) >= 11 is 1.33. The molecule has 0 bridgehead atoms. The number of carbonyl (C=O) groups excluding carboxylic acids is 1. The van der Waals surface area contributed by atoms with Gasteiger partial charge in [0.05, 0.1) is 24.8 Å². The fraction of sp³-hybridized carbons (Fsp3) is 0.375. The van der Waals surface area contributed by atoms with Crippen LogP contribution in [0.25, 0.3) is 0 Å². The zero-order valence-corrected chi connectivity index (χ0v) is 14.3. The van der Waals surface area contributed by atoms with Crippen molar-refractivity contribution in [2.24, 2.45) is 0 Å². The first-order chi connectivity index (χ1) is 11.8. The molecule has 7 nitrogen and oxygen atoms in total. The third-order valence-corrected chi connectivity index (χ3v) is 4.22. The van der Waals surface area contributed by atoms with Crippen LogP contribution in [0.3, 0.4) is 0 Å². The summed E-state index contributed by atoms with van der Waals surface area (Å²) in [5.41, 5.74) is 0.791. The number of rotatable bonds is 9. The molecule has 0 unspecified atom stereocenters. The van der Waals surface area contributed by atoms with E-state index in [0.717, 1.165) is 5.69 Å². The zero-order valence-electron chi connectivity index (χ0n) is 13.5. The van der Waals surface area contributed by atoms with Gasteiger partial charge in [-0.3, -0.25) is 4.79 Å². The Hall–Kier alpha value is -2.37. The van der Waals surface area contributed by atoms with Gasteiger partial charge in [0.2, 0.25) is 5.91 Å². The molecule has 1 heterocycles. The van der Waals surface area contributed by atoms with E-state index in [1.807, 2.05) is 34.9 Å². The smallest absolute Gasteiger partial charge is 0.237 e. The number of methoxy groups -OCH3 is 1. The molecule has 1 aromatic heterocycles. The molecule has 0 saturated carbocycles. The van der Waals surface area contributed by atoms with Crippen LogP contribution >= 0.6 is 11.8 Å². The molecule has 1 amide bonds. The minimum absolute atomic E-state index is 0.0669. The van der Waals surface area contributed by atoms with Crippen molar-refractivity contribution in [3.05, 3.63) is 36.7 Å². The molecule has 0 atom stereocenters. The number of aromatic nitrogens is 3. The average Bonchev–Trinajstić information content (AvgIpc) is 3.06. The molecule has 0 saturated heterocycles. The first kappa shape index (κ1) is 18.0. The predicted molar refractivity (Wildman–Crippen MR) is 91.6 cm³/mol. The van der Waals surface area contributed by atoms with Crippen molar-refractivity contribution in [3.8, 4) is 6.07 Å². The maximum Gasteiger partial charge on any atom is 0.237 e. The summed E-state index contributed by atoms with van der Waals surface area (Å²) in [6, 6.07) is 11.4. The summed E-state index contributed by atoms with van der Waals surface area (Å²) < 4.78 is 6.90. The number of amides is 1. The highest BCUT2D eigenvalue weighted by atomic mass is 32.2. The Morgan fingerprint density at radius 1 is 1.42 bits per heavy atom. The summed E-state index contributed by atoms with van der Waals surface area (Å²) in [6.45, 7) is 1.56. The highest BCUT2D eigenvalue weighted by molar-refractivity contribution is 7.99. The molecule has 8 heteroatoms. The van der Waals surface area contributed by atoms with Crippen molar-refractivity contribution in [1.29, 1.82) is 5.26 Å². The van der Waals surface area contributed by atoms with Gasteiger partial charge in [-0.2, -0.15) is 5.26 Å². The van der Waals surface area contributed by atoms with Gasteiger partial charge < -0.3 is 14.2 Å². The molecule has 2 rings (SSSR count). The topological polar surface area (TPSA) is 84.0 Å². The second kappa shape index (κ2) is 9.70. The number of para-hydroxylation sites is 1. The molecule has 0 spiro atoms. The molecule has 126 valence electrons. The summed E-state index contributed by atoms with van der Waals surface area (Å²) in [6.07, 6.45) is 1.91. The second-order valence-electron chi connectivity index (χ2n) is 4.88. The van der Waals surface area contributed by atoms with Crippen molar-refractivity contribution < 1.29 is 9.53 Å². The number of ether oxygens (including phenoxy) is 1. The maximum absolute atomic E-state index is 12.6. The molecular weight excluding hydrogens is 326 g/mol. The van der Waals surface area contributed by atoms with Crippen LogP contribution in [0.4, 0.5) is 5.69 Å². The van der Waals surface area contributed by atoms with E-state index in [1.54, 1.807) is 18.3 Å². The van der Waals surface area contributed by atoms with Gasteiger partial charge in [0.1, 0.15) is 6.33 Å². The lowest BCUT2D eigenvalue weighted by atomic mass is 10.2. The first-order valence-electron chi connectivity index (χ1n) is 7.48. The molecule has 0 aliphatic carbocycles. The fourth-order valence-electron chi connectivity index (χ4n) is 2.07. The van der Waals surface area contributed by atoms with Crippen LogP contribution in [0.15, 0.2) is 41.8 Å². The van der Waals surface area contributed by atoms with Gasteiger partial charge >= 0.3 is 0 Å². The van der Waals surface area contributed by atoms with Gasteiger partial charge in [-0.1, -0.05) is 30.0 Å². The van der Waals surface area contributed by atoms with E-state index < -0.39 is 0 Å². The third-order valence-electron chi connectivity index (χ3n) is 3.26. The summed E-state index contributed by atoms with van der Waals surface area (Å²) in [5.74, 6) is 0.161. The molecule has 0 fully saturated rings. The third kappa shape index (κ3) is 5.08. The molecule has 1 aromatic carbocycles. The van der Waals surface area contributed by atoms with Crippen molar-refractivity contribution in [2.45, 2.75) is 18.1 Å². The lowest BCUT2D eigenvalue weighted by Gasteiger charge is -2.21. The molecular formula is C16H19N5O2S. The van der Waals surface area contributed by atoms with Gasteiger partial charge in [-0.15, -0.1) is 10.2 Å². The van der Waals surface area contributed by atoms with Crippen LogP contribution in [-0.4, -0.2) is 46.7 Å². The molecule has 2 aromatic rings. The Morgan fingerprint density at radius 3 is 2.92 bits per heavy atom. The van der Waals surface area contributed by atoms with Crippen LogP contribution in [0.5, 0.6) is 0 Å². The number of nitriles is 1. The SMILES string of the molecule is COCCn1cnnc1SCC(=O)N(CCC#N)c1ccccc1. The Kier molecular flexibility index (Phi) is 7.26. The van der Waals surface area contributed by atoms with Crippen LogP contribution < -0.4 is 4.90 Å². The highest BCUT2D eigenvalue weighted by Gasteiger charge is 2.17. The van der Waals surface area contributed by atoms with E-state index in [4.69, 9.17) is 10.00 Å². The number of hydrogen-bond acceptors (Lipinski definition) is 6. The maximum atomic E-state index is 12.6. The number of benzene rings is 1. The van der Waals surface area contributed by atoms with Crippen molar-refractivity contribution >= 4 is 23.4 Å². The quantitative estimate of drug-likeness (QED) is 0.646. The Bertz CT molecular complexity index is 683. The highest BCUT2D eigenvalue weighted by Crippen LogP contribution is 2.19. The largest absolute Gasteiger partial charge is 0.383 e. The molecule has 0 N–H and O–H groups in total. The number of carbonyl (C=O) groups is 1. The molecule has 0 aliphatic rings.